The molecule has 1 fully saturated rings. The van der Waals surface area contributed by atoms with Crippen LogP contribution in [0.1, 0.15) is 20.3 Å². The third-order valence-electron chi connectivity index (χ3n) is 2.44. The van der Waals surface area contributed by atoms with Crippen LogP contribution in [-0.4, -0.2) is 52.8 Å². The number of aliphatic hydroxyl groups excluding tert-OH is 1. The minimum Gasteiger partial charge on any atom is -0.480 e. The molecule has 0 aromatic rings. The maximum absolute atomic E-state index is 11.7. The molecule has 2 N–H and O–H groups in total. The third kappa shape index (κ3) is 2.30. The van der Waals surface area contributed by atoms with Crippen LogP contribution in [-0.2, 0) is 14.8 Å². The normalized spacial score (nSPS) is 28.5. The molecule has 0 unspecified atom stereocenters. The molecule has 15 heavy (non-hydrogen) atoms. The Balaban J connectivity index is 2.99. The van der Waals surface area contributed by atoms with E-state index in [1.54, 1.807) is 0 Å². The second-order valence-electron chi connectivity index (χ2n) is 3.91. The Bertz CT molecular complexity index is 350. The number of aliphatic hydroxyl groups is 1. The lowest BCUT2D eigenvalue weighted by atomic mass is 10.2. The third-order valence-corrected chi connectivity index (χ3v) is 4.69. The standard InChI is InChI=1S/C8H15NO5S/c1-5(2)15(13,14)9-4-6(10)3-7(9)8(11)12/h5-7,10H,3-4H2,1-2H3,(H,11,12)/t6-,7-/m0/s1. The number of hydrogen-bond acceptors (Lipinski definition) is 4. The summed E-state index contributed by atoms with van der Waals surface area (Å²) in [4.78, 5) is 10.8. The summed E-state index contributed by atoms with van der Waals surface area (Å²) in [5, 5.41) is 17.4. The zero-order valence-electron chi connectivity index (χ0n) is 8.62. The van der Waals surface area contributed by atoms with Crippen molar-refractivity contribution in [1.29, 1.82) is 0 Å². The summed E-state index contributed by atoms with van der Waals surface area (Å²) in [5.41, 5.74) is 0. The molecule has 0 aromatic heterocycles. The first-order valence-electron chi connectivity index (χ1n) is 4.68. The molecule has 1 heterocycles. The number of carboxylic acid groups (broad SMARTS) is 1. The highest BCUT2D eigenvalue weighted by molar-refractivity contribution is 7.89. The van der Waals surface area contributed by atoms with E-state index in [4.69, 9.17) is 5.11 Å². The van der Waals surface area contributed by atoms with E-state index in [1.807, 2.05) is 0 Å². The van der Waals surface area contributed by atoms with Crippen molar-refractivity contribution in [3.8, 4) is 0 Å². The number of carbonyl (C=O) groups is 1. The van der Waals surface area contributed by atoms with Crippen LogP contribution in [0.25, 0.3) is 0 Å². The Morgan fingerprint density at radius 1 is 1.47 bits per heavy atom. The zero-order chi connectivity index (χ0) is 11.8. The van der Waals surface area contributed by atoms with Crippen molar-refractivity contribution in [1.82, 2.24) is 4.31 Å². The van der Waals surface area contributed by atoms with E-state index in [9.17, 15) is 18.3 Å². The quantitative estimate of drug-likeness (QED) is 0.673. The fraction of sp³-hybridized carbons (Fsp3) is 0.875. The minimum atomic E-state index is -3.61. The molecule has 0 radical (unpaired) electrons. The van der Waals surface area contributed by atoms with Crippen molar-refractivity contribution >= 4 is 16.0 Å². The van der Waals surface area contributed by atoms with E-state index >= 15 is 0 Å². The van der Waals surface area contributed by atoms with Gasteiger partial charge in [0.05, 0.1) is 11.4 Å². The number of nitrogens with zero attached hydrogens (tertiary/aromatic N) is 1. The first kappa shape index (κ1) is 12.4. The summed E-state index contributed by atoms with van der Waals surface area (Å²) >= 11 is 0. The first-order valence-corrected chi connectivity index (χ1v) is 6.18. The summed E-state index contributed by atoms with van der Waals surface area (Å²) in [6.45, 7) is 2.84. The maximum atomic E-state index is 11.7. The molecule has 0 saturated carbocycles. The molecule has 0 aliphatic carbocycles. The average Bonchev–Trinajstić information content (AvgIpc) is 2.47. The average molecular weight is 237 g/mol. The van der Waals surface area contributed by atoms with E-state index < -0.39 is 33.4 Å². The molecule has 1 aliphatic heterocycles. The van der Waals surface area contributed by atoms with Gasteiger partial charge in [-0.15, -0.1) is 0 Å². The minimum absolute atomic E-state index is 0.0404. The molecule has 0 aromatic carbocycles. The number of hydrogen-bond donors (Lipinski definition) is 2. The van der Waals surface area contributed by atoms with Gasteiger partial charge in [0.2, 0.25) is 10.0 Å². The molecular formula is C8H15NO5S. The van der Waals surface area contributed by atoms with Gasteiger partial charge < -0.3 is 10.2 Å². The Labute approximate surface area is 88.6 Å². The molecule has 1 aliphatic rings. The van der Waals surface area contributed by atoms with Crippen molar-refractivity contribution in [3.63, 3.8) is 0 Å². The second kappa shape index (κ2) is 4.07. The van der Waals surface area contributed by atoms with Gasteiger partial charge in [-0.1, -0.05) is 0 Å². The van der Waals surface area contributed by atoms with Gasteiger partial charge in [-0.05, 0) is 13.8 Å². The van der Waals surface area contributed by atoms with Crippen LogP contribution in [0.3, 0.4) is 0 Å². The van der Waals surface area contributed by atoms with Crippen LogP contribution >= 0.6 is 0 Å². The number of sulfonamides is 1. The van der Waals surface area contributed by atoms with Crippen LogP contribution in [0, 0.1) is 0 Å². The van der Waals surface area contributed by atoms with E-state index in [-0.39, 0.29) is 13.0 Å². The zero-order valence-corrected chi connectivity index (χ0v) is 9.44. The Kier molecular flexibility index (Phi) is 3.37. The predicted octanol–water partition coefficient (Wildman–Crippen LogP) is -0.756. The van der Waals surface area contributed by atoms with Crippen molar-refractivity contribution < 1.29 is 23.4 Å². The van der Waals surface area contributed by atoms with Gasteiger partial charge >= 0.3 is 5.97 Å². The van der Waals surface area contributed by atoms with Crippen LogP contribution in [0.4, 0.5) is 0 Å². The van der Waals surface area contributed by atoms with Crippen molar-refractivity contribution in [3.05, 3.63) is 0 Å². The van der Waals surface area contributed by atoms with Crippen molar-refractivity contribution in [2.45, 2.75) is 37.7 Å². The highest BCUT2D eigenvalue weighted by Gasteiger charge is 2.43. The number of β-amino-alcohol motifs (C(OH)–C–C–N with tert-alkyl or cyclic N) is 1. The predicted molar refractivity (Wildman–Crippen MR) is 52.8 cm³/mol. The molecule has 2 atom stereocenters. The Morgan fingerprint density at radius 3 is 2.40 bits per heavy atom. The van der Waals surface area contributed by atoms with Crippen LogP contribution in [0.2, 0.25) is 0 Å². The Morgan fingerprint density at radius 2 is 2.00 bits per heavy atom. The van der Waals surface area contributed by atoms with Crippen LogP contribution in [0.15, 0.2) is 0 Å². The van der Waals surface area contributed by atoms with Crippen LogP contribution < -0.4 is 0 Å². The molecule has 88 valence electrons. The molecule has 0 bridgehead atoms. The monoisotopic (exact) mass is 237 g/mol. The van der Waals surface area contributed by atoms with Gasteiger partial charge in [0.25, 0.3) is 0 Å². The lowest BCUT2D eigenvalue weighted by molar-refractivity contribution is -0.140. The largest absolute Gasteiger partial charge is 0.480 e. The lowest BCUT2D eigenvalue weighted by Crippen LogP contribution is -2.43. The van der Waals surface area contributed by atoms with Gasteiger partial charge in [0.15, 0.2) is 0 Å². The van der Waals surface area contributed by atoms with Gasteiger partial charge in [-0.3, -0.25) is 4.79 Å². The Hall–Kier alpha value is -0.660. The smallest absolute Gasteiger partial charge is 0.322 e. The van der Waals surface area contributed by atoms with E-state index in [0.717, 1.165) is 4.31 Å². The summed E-state index contributed by atoms with van der Waals surface area (Å²) < 4.78 is 24.4. The van der Waals surface area contributed by atoms with Crippen LogP contribution in [0.5, 0.6) is 0 Å². The van der Waals surface area contributed by atoms with E-state index in [2.05, 4.69) is 0 Å². The fourth-order valence-electron chi connectivity index (χ4n) is 1.56. The number of carboxylic acids is 1. The molecule has 6 nitrogen and oxygen atoms in total. The second-order valence-corrected chi connectivity index (χ2v) is 6.35. The summed E-state index contributed by atoms with van der Waals surface area (Å²) in [6, 6.07) is -1.13. The number of rotatable bonds is 3. The molecule has 1 saturated heterocycles. The van der Waals surface area contributed by atoms with Gasteiger partial charge in [-0.2, -0.15) is 4.31 Å². The topological polar surface area (TPSA) is 94.9 Å². The molecule has 0 spiro atoms. The molecular weight excluding hydrogens is 222 g/mol. The molecule has 7 heteroatoms. The van der Waals surface area contributed by atoms with Gasteiger partial charge in [-0.25, -0.2) is 8.42 Å². The van der Waals surface area contributed by atoms with Crippen molar-refractivity contribution in [2.75, 3.05) is 6.54 Å². The highest BCUT2D eigenvalue weighted by atomic mass is 32.2. The number of aliphatic carboxylic acids is 1. The lowest BCUT2D eigenvalue weighted by Gasteiger charge is -2.22. The maximum Gasteiger partial charge on any atom is 0.322 e. The summed E-state index contributed by atoms with van der Waals surface area (Å²) in [6.07, 6.45) is -0.930. The van der Waals surface area contributed by atoms with Gasteiger partial charge in [0, 0.05) is 13.0 Å². The van der Waals surface area contributed by atoms with Gasteiger partial charge in [0.1, 0.15) is 6.04 Å². The fourth-order valence-corrected chi connectivity index (χ4v) is 3.01. The van der Waals surface area contributed by atoms with E-state index in [1.165, 1.54) is 13.8 Å². The van der Waals surface area contributed by atoms with E-state index in [0.29, 0.717) is 0 Å². The highest BCUT2D eigenvalue weighted by Crippen LogP contribution is 2.24. The summed E-state index contributed by atoms with van der Waals surface area (Å²) in [5.74, 6) is -1.21. The first-order chi connectivity index (χ1) is 6.76. The summed E-state index contributed by atoms with van der Waals surface area (Å²) in [7, 11) is -3.61. The SMILES string of the molecule is CC(C)S(=O)(=O)N1C[C@@H](O)C[C@H]1C(=O)O. The molecule has 0 amide bonds. The molecule has 1 rings (SSSR count). The van der Waals surface area contributed by atoms with Crippen molar-refractivity contribution in [2.24, 2.45) is 0 Å².